The summed E-state index contributed by atoms with van der Waals surface area (Å²) < 4.78 is 0. The lowest BCUT2D eigenvalue weighted by Gasteiger charge is -2.53. The van der Waals surface area contributed by atoms with Gasteiger partial charge in [0.2, 0.25) is 0 Å². The second kappa shape index (κ2) is 18.9. The van der Waals surface area contributed by atoms with Gasteiger partial charge in [0, 0.05) is 67.7 Å². The molecule has 0 bridgehead atoms. The van der Waals surface area contributed by atoms with Crippen LogP contribution >= 0.6 is 0 Å². The minimum Gasteiger partial charge on any atom is -0.334 e. The van der Waals surface area contributed by atoms with Gasteiger partial charge in [-0.1, -0.05) is 221 Å². The molecule has 2 aliphatic carbocycles. The number of para-hydroxylation sites is 2. The van der Waals surface area contributed by atoms with E-state index in [2.05, 4.69) is 302 Å². The van der Waals surface area contributed by atoms with Crippen LogP contribution in [0.2, 0.25) is 0 Å². The molecule has 0 amide bonds. The van der Waals surface area contributed by atoms with Gasteiger partial charge in [0.05, 0.1) is 11.1 Å². The molecule has 15 rings (SSSR count). The molecule has 5 heteroatoms. The Morgan fingerprint density at radius 2 is 0.706 bits per heavy atom. The highest BCUT2D eigenvalue weighted by Gasteiger charge is 2.63. The number of nitrogens with zero attached hydrogens (tertiary/aromatic N) is 4. The van der Waals surface area contributed by atoms with Crippen molar-refractivity contribution in [3.8, 4) is 0 Å². The first kappa shape index (κ1) is 53.9. The van der Waals surface area contributed by atoms with Gasteiger partial charge in [-0.2, -0.15) is 0 Å². The van der Waals surface area contributed by atoms with Crippen molar-refractivity contribution in [3.05, 3.63) is 245 Å². The lowest BCUT2D eigenvalue weighted by Crippen LogP contribution is -2.62. The SMILES string of the molecule is CC(C)(C)c1ccc(N2c3ccc(N4c5ccccc5C5(c6ccccc6)CCCCC45C)cc3B3c4cc(C(C)(C)C)ccc4N(c4ccc(C(C)(C)C)cc4)c4cc(N5c6ccccc6C6(c7ccccc7)CCCCC56C)cc2c43)cc1. The third-order valence-electron chi connectivity index (χ3n) is 21.9. The zero-order chi connectivity index (χ0) is 58.6. The molecule has 4 aliphatic heterocycles. The zero-order valence-electron chi connectivity index (χ0n) is 52.2. The van der Waals surface area contributed by atoms with Gasteiger partial charge in [-0.05, 0) is 184 Å². The number of fused-ring (bicyclic) bond motifs is 10. The summed E-state index contributed by atoms with van der Waals surface area (Å²) in [5, 5.41) is 0. The minimum absolute atomic E-state index is 0.00369. The van der Waals surface area contributed by atoms with E-state index in [4.69, 9.17) is 0 Å². The fourth-order valence-electron chi connectivity index (χ4n) is 17.7. The molecule has 0 radical (unpaired) electrons. The number of hydrogen-bond acceptors (Lipinski definition) is 4. The molecule has 4 atom stereocenters. The van der Waals surface area contributed by atoms with E-state index in [9.17, 15) is 0 Å². The molecular formula is C80H83BN4. The van der Waals surface area contributed by atoms with Gasteiger partial charge in [0.15, 0.2) is 0 Å². The number of benzene rings is 9. The summed E-state index contributed by atoms with van der Waals surface area (Å²) in [5.74, 6) is 0. The molecule has 0 N–H and O–H groups in total. The van der Waals surface area contributed by atoms with E-state index in [0.717, 1.165) is 25.7 Å². The van der Waals surface area contributed by atoms with E-state index in [1.165, 1.54) is 138 Å². The second-order valence-corrected chi connectivity index (χ2v) is 29.6. The van der Waals surface area contributed by atoms with Crippen molar-refractivity contribution in [1.82, 2.24) is 0 Å². The smallest absolute Gasteiger partial charge is 0.252 e. The zero-order valence-corrected chi connectivity index (χ0v) is 52.2. The molecule has 0 saturated heterocycles. The maximum Gasteiger partial charge on any atom is 0.252 e. The Balaban J connectivity index is 1.04. The largest absolute Gasteiger partial charge is 0.334 e. The highest BCUT2D eigenvalue weighted by Crippen LogP contribution is 2.66. The molecule has 0 aromatic heterocycles. The molecule has 0 spiro atoms. The fraction of sp³-hybridized carbons (Fsp3) is 0.325. The highest BCUT2D eigenvalue weighted by atomic mass is 15.3. The Bertz CT molecular complexity index is 4070. The van der Waals surface area contributed by atoms with E-state index >= 15 is 0 Å². The van der Waals surface area contributed by atoms with Crippen molar-refractivity contribution in [1.29, 1.82) is 0 Å². The third kappa shape index (κ3) is 7.66. The molecule has 2 fully saturated rings. The summed E-state index contributed by atoms with van der Waals surface area (Å²) in [6.45, 7) is 26.3. The van der Waals surface area contributed by atoms with Crippen LogP contribution in [0.3, 0.4) is 0 Å². The topological polar surface area (TPSA) is 13.0 Å². The Morgan fingerprint density at radius 1 is 0.329 bits per heavy atom. The van der Waals surface area contributed by atoms with E-state index in [-0.39, 0.29) is 44.9 Å². The lowest BCUT2D eigenvalue weighted by atomic mass is 9.33. The average Bonchev–Trinajstić information content (AvgIpc) is 1.84. The summed E-state index contributed by atoms with van der Waals surface area (Å²) in [4.78, 5) is 11.0. The molecule has 85 heavy (non-hydrogen) atoms. The van der Waals surface area contributed by atoms with Crippen LogP contribution in [0.15, 0.2) is 206 Å². The van der Waals surface area contributed by atoms with Crippen molar-refractivity contribution in [2.75, 3.05) is 19.6 Å². The van der Waals surface area contributed by atoms with Crippen LogP contribution in [-0.2, 0) is 27.1 Å². The molecule has 4 heterocycles. The van der Waals surface area contributed by atoms with E-state index in [1.807, 2.05) is 0 Å². The first-order valence-corrected chi connectivity index (χ1v) is 32.0. The van der Waals surface area contributed by atoms with Gasteiger partial charge in [-0.15, -0.1) is 0 Å². The predicted molar refractivity (Wildman–Crippen MR) is 362 cm³/mol. The summed E-state index contributed by atoms with van der Waals surface area (Å²) in [5.41, 5.74) is 25.4. The van der Waals surface area contributed by atoms with Crippen LogP contribution in [0.1, 0.15) is 166 Å². The average molecular weight is 1110 g/mol. The van der Waals surface area contributed by atoms with Gasteiger partial charge in [-0.25, -0.2) is 0 Å². The van der Waals surface area contributed by atoms with Gasteiger partial charge >= 0.3 is 0 Å². The van der Waals surface area contributed by atoms with Crippen molar-refractivity contribution in [2.45, 2.75) is 166 Å². The molecule has 4 unspecified atom stereocenters. The number of anilines is 10. The van der Waals surface area contributed by atoms with E-state index in [0.29, 0.717) is 0 Å². The maximum absolute atomic E-state index is 2.83. The maximum atomic E-state index is 2.83. The van der Waals surface area contributed by atoms with Gasteiger partial charge in [0.25, 0.3) is 6.71 Å². The fourth-order valence-corrected chi connectivity index (χ4v) is 17.7. The molecule has 426 valence electrons. The molecule has 2 saturated carbocycles. The summed E-state index contributed by atoms with van der Waals surface area (Å²) >= 11 is 0. The number of hydrogen-bond donors (Lipinski definition) is 0. The molecular weight excluding hydrogens is 1030 g/mol. The number of rotatable bonds is 6. The van der Waals surface area contributed by atoms with Crippen LogP contribution in [-0.4, -0.2) is 17.8 Å². The van der Waals surface area contributed by atoms with E-state index in [1.54, 1.807) is 0 Å². The van der Waals surface area contributed by atoms with Crippen LogP contribution in [0.25, 0.3) is 0 Å². The Morgan fingerprint density at radius 3 is 1.16 bits per heavy atom. The van der Waals surface area contributed by atoms with Crippen LogP contribution in [0.4, 0.5) is 56.9 Å². The first-order chi connectivity index (χ1) is 40.8. The van der Waals surface area contributed by atoms with Crippen LogP contribution < -0.4 is 36.0 Å². The summed E-state index contributed by atoms with van der Waals surface area (Å²) in [6, 6.07) is 81.6. The summed E-state index contributed by atoms with van der Waals surface area (Å²) in [7, 11) is 0. The normalized spacial score (nSPS) is 22.9. The van der Waals surface area contributed by atoms with Crippen LogP contribution in [0, 0.1) is 0 Å². The standard InChI is InChI=1S/C80H83BN4/c1-74(2,3)54-34-39-59(40-35-54)82-69-44-38-58(76(7,8)9)50-65(69)81-66-51-61(84-67-32-20-18-30-63(67)79(56-26-14-12-15-27-56)48-24-22-46-77(79,84)10)43-45-70(66)83(60-41-36-55(37-42-60)75(4,5)6)72-53-62(52-71(82)73(72)81)85-68-33-21-19-31-64(68)80(57-28-16-13-17-29-57)49-25-23-47-78(80,85)11/h12-21,26-45,50-53H,22-25,46-49H2,1-11H3. The summed E-state index contributed by atoms with van der Waals surface area (Å²) in [6.07, 6.45) is 9.19. The van der Waals surface area contributed by atoms with Crippen LogP contribution in [0.5, 0.6) is 0 Å². The lowest BCUT2D eigenvalue weighted by molar-refractivity contribution is 0.215. The van der Waals surface area contributed by atoms with Gasteiger partial charge in [-0.3, -0.25) is 0 Å². The predicted octanol–water partition coefficient (Wildman–Crippen LogP) is 19.2. The van der Waals surface area contributed by atoms with Crippen molar-refractivity contribution in [2.24, 2.45) is 0 Å². The molecule has 9 aromatic rings. The van der Waals surface area contributed by atoms with E-state index < -0.39 is 0 Å². The first-order valence-electron chi connectivity index (χ1n) is 32.0. The Labute approximate surface area is 507 Å². The van der Waals surface area contributed by atoms with Gasteiger partial charge < -0.3 is 19.6 Å². The van der Waals surface area contributed by atoms with Crippen molar-refractivity contribution < 1.29 is 0 Å². The Kier molecular flexibility index (Phi) is 12.0. The molecule has 6 aliphatic rings. The Hall–Kier alpha value is -7.76. The molecule has 4 nitrogen and oxygen atoms in total. The van der Waals surface area contributed by atoms with Crippen molar-refractivity contribution in [3.63, 3.8) is 0 Å². The van der Waals surface area contributed by atoms with Crippen molar-refractivity contribution >= 4 is 80.0 Å². The second-order valence-electron chi connectivity index (χ2n) is 29.6. The monoisotopic (exact) mass is 1110 g/mol. The highest BCUT2D eigenvalue weighted by molar-refractivity contribution is 7.00. The molecule has 9 aromatic carbocycles. The third-order valence-corrected chi connectivity index (χ3v) is 21.9. The minimum atomic E-state index is -0.263. The quantitative estimate of drug-likeness (QED) is 0.154. The van der Waals surface area contributed by atoms with Gasteiger partial charge in [0.1, 0.15) is 0 Å².